The Hall–Kier alpha value is -1.70. The quantitative estimate of drug-likeness (QED) is 0.136. The van der Waals surface area contributed by atoms with E-state index in [1.54, 1.807) is 0 Å². The number of aliphatic hydroxyl groups is 1. The average Bonchev–Trinajstić information content (AvgIpc) is 3.25. The largest absolute Gasteiger partial charge is 0.420 e. The Balaban J connectivity index is 1.23. The van der Waals surface area contributed by atoms with Crippen LogP contribution >= 0.6 is 0 Å². The number of benzene rings is 1. The van der Waals surface area contributed by atoms with Crippen molar-refractivity contribution in [2.24, 2.45) is 46.3 Å². The Bertz CT molecular complexity index is 1070. The number of esters is 1. The van der Waals surface area contributed by atoms with Crippen molar-refractivity contribution in [2.45, 2.75) is 97.5 Å². The van der Waals surface area contributed by atoms with Crippen molar-refractivity contribution in [2.75, 3.05) is 0 Å². The van der Waals surface area contributed by atoms with E-state index in [-0.39, 0.29) is 23.9 Å². The Morgan fingerprint density at radius 3 is 2.16 bits per heavy atom. The molecule has 0 aromatic heterocycles. The summed E-state index contributed by atoms with van der Waals surface area (Å²) in [6.07, 6.45) is 9.99. The predicted octanol–water partition coefficient (Wildman–Crippen LogP) is 7.72. The fraction of sp³-hybridized carbons (Fsp3) is 0.767. The molecule has 4 aliphatic carbocycles. The molecule has 4 aliphatic rings. The summed E-state index contributed by atoms with van der Waals surface area (Å²) < 4.78 is 72.7. The zero-order valence-electron chi connectivity index (χ0n) is 22.5. The van der Waals surface area contributed by atoms with Gasteiger partial charge in [0.2, 0.25) is 34.8 Å². The van der Waals surface area contributed by atoms with Crippen LogP contribution in [0.25, 0.3) is 0 Å². The molecule has 4 saturated carbocycles. The first-order valence-electron chi connectivity index (χ1n) is 14.3. The van der Waals surface area contributed by atoms with Gasteiger partial charge in [-0.2, -0.15) is 8.78 Å². The van der Waals surface area contributed by atoms with E-state index in [0.717, 1.165) is 38.5 Å². The van der Waals surface area contributed by atoms with E-state index in [1.165, 1.54) is 19.3 Å². The minimum atomic E-state index is -2.28. The number of carbonyl (C=O) groups excluding carboxylic acids is 1. The van der Waals surface area contributed by atoms with Crippen LogP contribution in [0.2, 0.25) is 0 Å². The van der Waals surface area contributed by atoms with Crippen LogP contribution in [0.4, 0.5) is 22.0 Å². The minimum Gasteiger partial charge on any atom is -0.420 e. The van der Waals surface area contributed by atoms with Crippen LogP contribution in [0.3, 0.4) is 0 Å². The van der Waals surface area contributed by atoms with Crippen molar-refractivity contribution in [1.29, 1.82) is 0 Å². The number of hydrogen-bond acceptors (Lipinski definition) is 3. The Kier molecular flexibility index (Phi) is 7.36. The smallest absolute Gasteiger partial charge is 0.311 e. The van der Waals surface area contributed by atoms with Crippen LogP contribution in [0.5, 0.6) is 5.75 Å². The number of carbonyl (C=O) groups is 1. The van der Waals surface area contributed by atoms with Gasteiger partial charge >= 0.3 is 5.97 Å². The van der Waals surface area contributed by atoms with Crippen LogP contribution in [-0.2, 0) is 4.79 Å². The summed E-state index contributed by atoms with van der Waals surface area (Å²) in [5.41, 5.74) is 0.462. The lowest BCUT2D eigenvalue weighted by Gasteiger charge is -2.61. The van der Waals surface area contributed by atoms with E-state index in [4.69, 9.17) is 0 Å². The number of halogens is 5. The van der Waals surface area contributed by atoms with Crippen molar-refractivity contribution in [3.63, 3.8) is 0 Å². The molecule has 1 aromatic rings. The number of rotatable bonds is 5. The highest BCUT2D eigenvalue weighted by atomic mass is 19.2. The summed E-state index contributed by atoms with van der Waals surface area (Å²) >= 11 is 0. The standard InChI is InChI=1S/C30H39F5O3/c1-15(4-9-22(37)38-28-26(34)24(32)23(31)25(33)27(28)35)19-7-8-20-18-6-5-16-14-17(36)10-12-29(16,2)21(18)11-13-30(19,20)3/h15-21,36H,4-14H2,1-3H3/t15-,16-,17-,18+,19-,20+,21+,29+,30-/m1/s1. The summed E-state index contributed by atoms with van der Waals surface area (Å²) in [6, 6.07) is 0. The minimum absolute atomic E-state index is 0.155. The molecule has 0 spiro atoms. The Morgan fingerprint density at radius 2 is 1.47 bits per heavy atom. The number of hydrogen-bond donors (Lipinski definition) is 1. The van der Waals surface area contributed by atoms with Gasteiger partial charge < -0.3 is 9.84 Å². The van der Waals surface area contributed by atoms with Crippen LogP contribution in [0, 0.1) is 75.4 Å². The monoisotopic (exact) mass is 542 g/mol. The maximum Gasteiger partial charge on any atom is 0.311 e. The first-order valence-corrected chi connectivity index (χ1v) is 14.3. The van der Waals surface area contributed by atoms with E-state index in [0.29, 0.717) is 41.4 Å². The SMILES string of the molecule is C[C@H](CCC(=O)Oc1c(F)c(F)c(F)c(F)c1F)[C@H]1CC[C@H]2[C@@H]3CC[C@@H]4C[C@H](O)CC[C@]4(C)[C@H]3CC[C@]12C. The first kappa shape index (κ1) is 27.9. The molecule has 9 atom stereocenters. The molecule has 5 rings (SSSR count). The van der Waals surface area contributed by atoms with Gasteiger partial charge in [-0.3, -0.25) is 4.79 Å². The maximum absolute atomic E-state index is 13.9. The molecule has 3 nitrogen and oxygen atoms in total. The van der Waals surface area contributed by atoms with Crippen LogP contribution in [0.15, 0.2) is 0 Å². The van der Waals surface area contributed by atoms with E-state index < -0.39 is 40.8 Å². The fourth-order valence-electron chi connectivity index (χ4n) is 9.60. The Morgan fingerprint density at radius 1 is 0.868 bits per heavy atom. The number of aliphatic hydroxyl groups excluding tert-OH is 1. The average molecular weight is 543 g/mol. The summed E-state index contributed by atoms with van der Waals surface area (Å²) in [6.45, 7) is 6.96. The van der Waals surface area contributed by atoms with Crippen molar-refractivity contribution in [1.82, 2.24) is 0 Å². The molecule has 0 unspecified atom stereocenters. The molecule has 4 fully saturated rings. The van der Waals surface area contributed by atoms with Gasteiger partial charge in [-0.1, -0.05) is 20.8 Å². The van der Waals surface area contributed by atoms with E-state index in [1.807, 2.05) is 0 Å². The normalized spacial score (nSPS) is 39.2. The highest BCUT2D eigenvalue weighted by molar-refractivity contribution is 5.72. The molecule has 0 radical (unpaired) electrons. The topological polar surface area (TPSA) is 46.5 Å². The Labute approximate surface area is 221 Å². The summed E-state index contributed by atoms with van der Waals surface area (Å²) in [4.78, 5) is 12.4. The van der Waals surface area contributed by atoms with Gasteiger partial charge in [0.1, 0.15) is 0 Å². The number of ether oxygens (including phenoxy) is 1. The lowest BCUT2D eigenvalue weighted by atomic mass is 9.44. The molecule has 1 aromatic carbocycles. The van der Waals surface area contributed by atoms with E-state index in [2.05, 4.69) is 25.5 Å². The molecule has 0 bridgehead atoms. The van der Waals surface area contributed by atoms with E-state index in [9.17, 15) is 31.9 Å². The van der Waals surface area contributed by atoms with Gasteiger partial charge in [-0.05, 0) is 111 Å². The molecular formula is C30H39F5O3. The van der Waals surface area contributed by atoms with Crippen molar-refractivity contribution >= 4 is 5.97 Å². The molecule has 0 aliphatic heterocycles. The highest BCUT2D eigenvalue weighted by Gasteiger charge is 2.60. The molecule has 8 heteroatoms. The third-order valence-corrected chi connectivity index (χ3v) is 11.6. The zero-order chi connectivity index (χ0) is 27.6. The van der Waals surface area contributed by atoms with Gasteiger partial charge in [0.25, 0.3) is 0 Å². The molecule has 212 valence electrons. The molecule has 0 amide bonds. The second-order valence-electron chi connectivity index (χ2n) is 13.2. The maximum atomic E-state index is 13.9. The fourth-order valence-corrected chi connectivity index (χ4v) is 9.60. The van der Waals surface area contributed by atoms with Gasteiger partial charge in [-0.25, -0.2) is 13.2 Å². The first-order chi connectivity index (χ1) is 17.9. The van der Waals surface area contributed by atoms with Crippen LogP contribution in [-0.4, -0.2) is 17.2 Å². The van der Waals surface area contributed by atoms with Crippen molar-refractivity contribution in [3.8, 4) is 5.75 Å². The van der Waals surface area contributed by atoms with Gasteiger partial charge in [0, 0.05) is 6.42 Å². The van der Waals surface area contributed by atoms with Crippen molar-refractivity contribution < 1.29 is 36.6 Å². The van der Waals surface area contributed by atoms with Gasteiger partial charge in [0.05, 0.1) is 6.10 Å². The highest BCUT2D eigenvalue weighted by Crippen LogP contribution is 2.68. The third-order valence-electron chi connectivity index (χ3n) is 11.6. The molecule has 38 heavy (non-hydrogen) atoms. The predicted molar refractivity (Wildman–Crippen MR) is 131 cm³/mol. The zero-order valence-corrected chi connectivity index (χ0v) is 22.5. The van der Waals surface area contributed by atoms with E-state index >= 15 is 0 Å². The number of fused-ring (bicyclic) bond motifs is 5. The molecule has 0 saturated heterocycles. The second kappa shape index (κ2) is 10.0. The lowest BCUT2D eigenvalue weighted by Crippen LogP contribution is -2.54. The lowest BCUT2D eigenvalue weighted by molar-refractivity contribution is -0.136. The molecule has 0 heterocycles. The van der Waals surface area contributed by atoms with Gasteiger partial charge in [0.15, 0.2) is 0 Å². The second-order valence-corrected chi connectivity index (χ2v) is 13.2. The van der Waals surface area contributed by atoms with Crippen LogP contribution < -0.4 is 4.74 Å². The summed E-state index contributed by atoms with van der Waals surface area (Å²) in [7, 11) is 0. The van der Waals surface area contributed by atoms with Gasteiger partial charge in [-0.15, -0.1) is 0 Å². The third kappa shape index (κ3) is 4.37. The molecule has 1 N–H and O–H groups in total. The van der Waals surface area contributed by atoms with Crippen LogP contribution in [0.1, 0.15) is 91.4 Å². The van der Waals surface area contributed by atoms with Crippen molar-refractivity contribution in [3.05, 3.63) is 29.1 Å². The summed E-state index contributed by atoms with van der Waals surface area (Å²) in [5.74, 6) is -10.2. The molecular weight excluding hydrogens is 503 g/mol. The summed E-state index contributed by atoms with van der Waals surface area (Å²) in [5, 5.41) is 10.3.